The molecule has 0 atom stereocenters. The number of benzene rings is 2. The van der Waals surface area contributed by atoms with Crippen molar-refractivity contribution in [1.82, 2.24) is 5.32 Å². The fourth-order valence-corrected chi connectivity index (χ4v) is 2.31. The maximum atomic E-state index is 11.8. The Labute approximate surface area is 156 Å². The highest BCUT2D eigenvalue weighted by molar-refractivity contribution is 7.80. The number of carbonyl (C=O) groups excluding carboxylic acids is 1. The molecule has 2 aromatic carbocycles. The lowest BCUT2D eigenvalue weighted by Crippen LogP contribution is -2.32. The standard InChI is InChI=1S/C20H16N2O3S/c23-19(13-12-16-7-4-14-24-16)22-20(26)21-15-8-10-18(11-9-15)25-17-5-2-1-3-6-17/h1-14H,(H2,21,22,23,26)/b13-12+. The number of anilines is 1. The first-order valence-corrected chi connectivity index (χ1v) is 8.26. The Morgan fingerprint density at radius 1 is 0.962 bits per heavy atom. The molecule has 3 rings (SSSR count). The number of hydrogen-bond acceptors (Lipinski definition) is 4. The number of rotatable bonds is 5. The monoisotopic (exact) mass is 364 g/mol. The number of para-hydroxylation sites is 1. The fraction of sp³-hybridized carbons (Fsp3) is 0. The van der Waals surface area contributed by atoms with E-state index in [1.807, 2.05) is 54.6 Å². The van der Waals surface area contributed by atoms with Gasteiger partial charge in [-0.25, -0.2) is 0 Å². The summed E-state index contributed by atoms with van der Waals surface area (Å²) in [5, 5.41) is 5.72. The summed E-state index contributed by atoms with van der Waals surface area (Å²) in [5.74, 6) is 1.72. The Morgan fingerprint density at radius 2 is 1.69 bits per heavy atom. The third kappa shape index (κ3) is 5.32. The number of amides is 1. The lowest BCUT2D eigenvalue weighted by atomic mass is 10.3. The fourth-order valence-electron chi connectivity index (χ4n) is 2.09. The van der Waals surface area contributed by atoms with Crippen LogP contribution >= 0.6 is 12.2 Å². The van der Waals surface area contributed by atoms with Crippen LogP contribution in [0.3, 0.4) is 0 Å². The molecule has 0 fully saturated rings. The van der Waals surface area contributed by atoms with Gasteiger partial charge in [-0.3, -0.25) is 10.1 Å². The number of furan rings is 1. The third-order valence-corrected chi connectivity index (χ3v) is 3.47. The predicted molar refractivity (Wildman–Crippen MR) is 105 cm³/mol. The van der Waals surface area contributed by atoms with Crippen molar-refractivity contribution in [1.29, 1.82) is 0 Å². The number of nitrogens with one attached hydrogen (secondary N) is 2. The Hall–Kier alpha value is -3.38. The molecule has 1 amide bonds. The topological polar surface area (TPSA) is 63.5 Å². The molecule has 0 bridgehead atoms. The van der Waals surface area contributed by atoms with Gasteiger partial charge in [-0.05, 0) is 66.8 Å². The first-order valence-electron chi connectivity index (χ1n) is 7.85. The van der Waals surface area contributed by atoms with Crippen LogP contribution in [0.1, 0.15) is 5.76 Å². The summed E-state index contributed by atoms with van der Waals surface area (Å²) in [6, 6.07) is 20.3. The van der Waals surface area contributed by atoms with E-state index in [-0.39, 0.29) is 11.0 Å². The van der Waals surface area contributed by atoms with Gasteiger partial charge < -0.3 is 14.5 Å². The van der Waals surface area contributed by atoms with E-state index in [0.29, 0.717) is 11.5 Å². The summed E-state index contributed by atoms with van der Waals surface area (Å²) in [4.78, 5) is 11.8. The van der Waals surface area contributed by atoms with Crippen LogP contribution in [0, 0.1) is 0 Å². The van der Waals surface area contributed by atoms with Crippen LogP contribution in [0.4, 0.5) is 5.69 Å². The predicted octanol–water partition coefficient (Wildman–Crippen LogP) is 4.60. The Kier molecular flexibility index (Phi) is 5.80. The molecule has 1 heterocycles. The summed E-state index contributed by atoms with van der Waals surface area (Å²) < 4.78 is 10.8. The molecule has 0 aliphatic carbocycles. The summed E-state index contributed by atoms with van der Waals surface area (Å²) in [6.45, 7) is 0. The van der Waals surface area contributed by atoms with E-state index in [9.17, 15) is 4.79 Å². The van der Waals surface area contributed by atoms with E-state index >= 15 is 0 Å². The third-order valence-electron chi connectivity index (χ3n) is 3.27. The van der Waals surface area contributed by atoms with Crippen LogP contribution in [0.2, 0.25) is 0 Å². The Bertz CT molecular complexity index is 889. The maximum absolute atomic E-state index is 11.8. The van der Waals surface area contributed by atoms with E-state index in [1.54, 1.807) is 18.2 Å². The average molecular weight is 364 g/mol. The molecule has 1 aromatic heterocycles. The molecule has 0 saturated carbocycles. The van der Waals surface area contributed by atoms with Crippen LogP contribution in [-0.4, -0.2) is 11.0 Å². The summed E-state index contributed by atoms with van der Waals surface area (Å²) >= 11 is 5.13. The molecular formula is C20H16N2O3S. The highest BCUT2D eigenvalue weighted by atomic mass is 32.1. The van der Waals surface area contributed by atoms with Crippen molar-refractivity contribution >= 4 is 35.0 Å². The van der Waals surface area contributed by atoms with Gasteiger partial charge in [0, 0.05) is 11.8 Å². The van der Waals surface area contributed by atoms with Crippen molar-refractivity contribution in [2.45, 2.75) is 0 Å². The zero-order chi connectivity index (χ0) is 18.2. The van der Waals surface area contributed by atoms with E-state index in [0.717, 1.165) is 11.4 Å². The van der Waals surface area contributed by atoms with Gasteiger partial charge in [0.1, 0.15) is 17.3 Å². The molecule has 130 valence electrons. The second kappa shape index (κ2) is 8.64. The number of thiocarbonyl (C=S) groups is 1. The quantitative estimate of drug-likeness (QED) is 0.512. The molecule has 0 aliphatic rings. The van der Waals surface area contributed by atoms with Gasteiger partial charge in [-0.2, -0.15) is 0 Å². The maximum Gasteiger partial charge on any atom is 0.250 e. The van der Waals surface area contributed by atoms with Crippen LogP contribution in [-0.2, 0) is 4.79 Å². The minimum absolute atomic E-state index is 0.204. The molecule has 0 saturated heterocycles. The second-order valence-corrected chi connectivity index (χ2v) is 5.64. The number of carbonyl (C=O) groups is 1. The minimum atomic E-state index is -0.345. The zero-order valence-electron chi connectivity index (χ0n) is 13.7. The van der Waals surface area contributed by atoms with Crippen LogP contribution < -0.4 is 15.4 Å². The van der Waals surface area contributed by atoms with E-state index in [1.165, 1.54) is 12.3 Å². The van der Waals surface area contributed by atoms with Gasteiger partial charge in [0.05, 0.1) is 6.26 Å². The van der Waals surface area contributed by atoms with Gasteiger partial charge in [0.15, 0.2) is 5.11 Å². The normalized spacial score (nSPS) is 10.5. The Balaban J connectivity index is 1.50. The molecule has 0 aliphatic heterocycles. The van der Waals surface area contributed by atoms with Crippen LogP contribution in [0.25, 0.3) is 6.08 Å². The summed E-state index contributed by atoms with van der Waals surface area (Å²) in [7, 11) is 0. The summed E-state index contributed by atoms with van der Waals surface area (Å²) in [6.07, 6.45) is 4.45. The smallest absolute Gasteiger partial charge is 0.250 e. The molecule has 6 heteroatoms. The van der Waals surface area contributed by atoms with Gasteiger partial charge in [-0.1, -0.05) is 18.2 Å². The van der Waals surface area contributed by atoms with Crippen molar-refractivity contribution in [2.24, 2.45) is 0 Å². The minimum Gasteiger partial charge on any atom is -0.465 e. The van der Waals surface area contributed by atoms with Crippen molar-refractivity contribution in [3.05, 3.63) is 84.8 Å². The van der Waals surface area contributed by atoms with Gasteiger partial charge in [0.25, 0.3) is 0 Å². The lowest BCUT2D eigenvalue weighted by Gasteiger charge is -2.09. The van der Waals surface area contributed by atoms with E-state index in [2.05, 4.69) is 10.6 Å². The summed E-state index contributed by atoms with van der Waals surface area (Å²) in [5.41, 5.74) is 0.741. The zero-order valence-corrected chi connectivity index (χ0v) is 14.5. The van der Waals surface area contributed by atoms with E-state index in [4.69, 9.17) is 21.4 Å². The van der Waals surface area contributed by atoms with Crippen molar-refractivity contribution < 1.29 is 13.9 Å². The highest BCUT2D eigenvalue weighted by Gasteiger charge is 2.03. The Morgan fingerprint density at radius 3 is 2.38 bits per heavy atom. The van der Waals surface area contributed by atoms with Gasteiger partial charge >= 0.3 is 0 Å². The largest absolute Gasteiger partial charge is 0.465 e. The molecule has 5 nitrogen and oxygen atoms in total. The highest BCUT2D eigenvalue weighted by Crippen LogP contribution is 2.22. The van der Waals surface area contributed by atoms with Gasteiger partial charge in [-0.15, -0.1) is 0 Å². The molecule has 26 heavy (non-hydrogen) atoms. The first kappa shape index (κ1) is 17.4. The average Bonchev–Trinajstić information content (AvgIpc) is 3.16. The molecule has 0 spiro atoms. The molecule has 3 aromatic rings. The lowest BCUT2D eigenvalue weighted by molar-refractivity contribution is -0.115. The SMILES string of the molecule is O=C(/C=C/c1ccco1)NC(=S)Nc1ccc(Oc2ccccc2)cc1. The number of hydrogen-bond donors (Lipinski definition) is 2. The van der Waals surface area contributed by atoms with Crippen LogP contribution in [0.5, 0.6) is 11.5 Å². The first-order chi connectivity index (χ1) is 12.7. The molecule has 0 radical (unpaired) electrons. The van der Waals surface area contributed by atoms with Gasteiger partial charge in [0.2, 0.25) is 5.91 Å². The van der Waals surface area contributed by atoms with Crippen molar-refractivity contribution in [3.8, 4) is 11.5 Å². The molecule has 0 unspecified atom stereocenters. The second-order valence-electron chi connectivity index (χ2n) is 5.23. The molecular weight excluding hydrogens is 348 g/mol. The van der Waals surface area contributed by atoms with Crippen LogP contribution in [0.15, 0.2) is 83.5 Å². The molecule has 2 N–H and O–H groups in total. The van der Waals surface area contributed by atoms with Crippen molar-refractivity contribution in [2.75, 3.05) is 5.32 Å². The van der Waals surface area contributed by atoms with E-state index < -0.39 is 0 Å². The number of ether oxygens (including phenoxy) is 1. The van der Waals surface area contributed by atoms with Crippen molar-refractivity contribution in [3.63, 3.8) is 0 Å².